The topological polar surface area (TPSA) is 49.6 Å². The van der Waals surface area contributed by atoms with Crippen LogP contribution < -0.4 is 0 Å². The van der Waals surface area contributed by atoms with Crippen LogP contribution in [0.15, 0.2) is 57.9 Å². The molecule has 0 radical (unpaired) electrons. The van der Waals surface area contributed by atoms with E-state index in [2.05, 4.69) is 10.1 Å². The maximum atomic E-state index is 14.0. The van der Waals surface area contributed by atoms with E-state index in [1.807, 2.05) is 55.1 Å². The van der Waals surface area contributed by atoms with E-state index < -0.39 is 0 Å². The second-order valence-corrected chi connectivity index (χ2v) is 9.12. The number of amides is 1. The van der Waals surface area contributed by atoms with Crippen molar-refractivity contribution in [1.82, 2.24) is 15.0 Å². The Labute approximate surface area is 192 Å². The molecule has 7 heteroatoms. The molecule has 32 heavy (non-hydrogen) atoms. The largest absolute Gasteiger partial charge is 0.361 e. The molecule has 168 valence electrons. The van der Waals surface area contributed by atoms with Crippen LogP contribution in [0, 0.1) is 19.7 Å². The maximum absolute atomic E-state index is 14.0. The molecule has 1 aliphatic rings. The van der Waals surface area contributed by atoms with Crippen molar-refractivity contribution in [3.05, 3.63) is 82.5 Å². The lowest BCUT2D eigenvalue weighted by atomic mass is 10.2. The number of hydrogen-bond acceptors (Lipinski definition) is 5. The van der Waals surface area contributed by atoms with Crippen molar-refractivity contribution in [2.75, 3.05) is 26.2 Å². The number of aryl methyl sites for hydroxylation is 2. The van der Waals surface area contributed by atoms with Gasteiger partial charge in [-0.1, -0.05) is 35.5 Å². The van der Waals surface area contributed by atoms with Gasteiger partial charge in [-0.25, -0.2) is 4.39 Å². The molecule has 3 aromatic rings. The Hall–Kier alpha value is -2.64. The molecular weight excluding hydrogens is 425 g/mol. The van der Waals surface area contributed by atoms with E-state index in [1.165, 1.54) is 6.07 Å². The Morgan fingerprint density at radius 2 is 1.84 bits per heavy atom. The Bertz CT molecular complexity index is 1070. The van der Waals surface area contributed by atoms with E-state index in [4.69, 9.17) is 4.52 Å². The predicted octanol–water partition coefficient (Wildman–Crippen LogP) is 5.07. The summed E-state index contributed by atoms with van der Waals surface area (Å²) in [5.41, 5.74) is 3.40. The van der Waals surface area contributed by atoms with E-state index in [-0.39, 0.29) is 11.7 Å². The lowest BCUT2D eigenvalue weighted by Crippen LogP contribution is -2.35. The van der Waals surface area contributed by atoms with Gasteiger partial charge >= 0.3 is 0 Å². The minimum atomic E-state index is -0.172. The molecule has 2 heterocycles. The van der Waals surface area contributed by atoms with Crippen LogP contribution in [0.2, 0.25) is 0 Å². The molecule has 0 aliphatic carbocycles. The van der Waals surface area contributed by atoms with Crippen LogP contribution in [0.25, 0.3) is 0 Å². The molecule has 0 bridgehead atoms. The number of hydrogen-bond donors (Lipinski definition) is 0. The standard InChI is InChI=1S/C25H28FN3O2S/c1-18-22(19(2)31-27-18)17-32-24-11-6-4-9-21(24)25(30)29-13-7-12-28(14-15-29)16-20-8-3-5-10-23(20)26/h3-6,8-11H,7,12-17H2,1-2H3. The number of rotatable bonds is 6. The average Bonchev–Trinajstić information content (AvgIpc) is 2.98. The van der Waals surface area contributed by atoms with Crippen molar-refractivity contribution in [1.29, 1.82) is 0 Å². The Morgan fingerprint density at radius 3 is 2.62 bits per heavy atom. The molecular formula is C25H28FN3O2S. The van der Waals surface area contributed by atoms with Crippen LogP contribution >= 0.6 is 11.8 Å². The van der Waals surface area contributed by atoms with Gasteiger partial charge in [-0.15, -0.1) is 11.8 Å². The number of carbonyl (C=O) groups is 1. The summed E-state index contributed by atoms with van der Waals surface area (Å²) in [5, 5.41) is 4.02. The van der Waals surface area contributed by atoms with Crippen LogP contribution in [-0.2, 0) is 12.3 Å². The third-order valence-corrected chi connectivity index (χ3v) is 7.00. The van der Waals surface area contributed by atoms with Gasteiger partial charge in [0.2, 0.25) is 0 Å². The first kappa shape index (κ1) is 22.6. The Balaban J connectivity index is 1.41. The first-order valence-electron chi connectivity index (χ1n) is 10.9. The number of nitrogens with zero attached hydrogens (tertiary/aromatic N) is 3. The molecule has 1 aliphatic heterocycles. The molecule has 4 rings (SSSR count). The van der Waals surface area contributed by atoms with Crippen LogP contribution in [0.3, 0.4) is 0 Å². The normalized spacial score (nSPS) is 15.0. The predicted molar refractivity (Wildman–Crippen MR) is 124 cm³/mol. The van der Waals surface area contributed by atoms with Gasteiger partial charge in [-0.05, 0) is 38.5 Å². The summed E-state index contributed by atoms with van der Waals surface area (Å²) in [6, 6.07) is 14.7. The summed E-state index contributed by atoms with van der Waals surface area (Å²) in [4.78, 5) is 18.5. The zero-order valence-electron chi connectivity index (χ0n) is 18.5. The highest BCUT2D eigenvalue weighted by molar-refractivity contribution is 7.98. The highest BCUT2D eigenvalue weighted by atomic mass is 32.2. The fraction of sp³-hybridized carbons (Fsp3) is 0.360. The van der Waals surface area contributed by atoms with Gasteiger partial charge in [0.15, 0.2) is 0 Å². The van der Waals surface area contributed by atoms with Crippen LogP contribution in [0.5, 0.6) is 0 Å². The molecule has 1 fully saturated rings. The fourth-order valence-electron chi connectivity index (χ4n) is 4.00. The summed E-state index contributed by atoms with van der Waals surface area (Å²) < 4.78 is 19.3. The maximum Gasteiger partial charge on any atom is 0.255 e. The van der Waals surface area contributed by atoms with Crippen LogP contribution in [0.4, 0.5) is 4.39 Å². The zero-order chi connectivity index (χ0) is 22.5. The van der Waals surface area contributed by atoms with Gasteiger partial charge < -0.3 is 9.42 Å². The number of aromatic nitrogens is 1. The first-order chi connectivity index (χ1) is 15.5. The third-order valence-electron chi connectivity index (χ3n) is 5.90. The fourth-order valence-corrected chi connectivity index (χ4v) is 5.19. The Kier molecular flexibility index (Phi) is 7.27. The zero-order valence-corrected chi connectivity index (χ0v) is 19.3. The lowest BCUT2D eigenvalue weighted by Gasteiger charge is -2.23. The van der Waals surface area contributed by atoms with Crippen molar-refractivity contribution < 1.29 is 13.7 Å². The van der Waals surface area contributed by atoms with Gasteiger partial charge in [0, 0.05) is 54.5 Å². The second kappa shape index (κ2) is 10.3. The summed E-state index contributed by atoms with van der Waals surface area (Å²) >= 11 is 1.63. The van der Waals surface area contributed by atoms with Crippen molar-refractivity contribution in [3.8, 4) is 0 Å². The molecule has 2 aromatic carbocycles. The molecule has 1 aromatic heterocycles. The smallest absolute Gasteiger partial charge is 0.255 e. The van der Waals surface area contributed by atoms with E-state index in [0.717, 1.165) is 47.0 Å². The first-order valence-corrected chi connectivity index (χ1v) is 11.9. The quantitative estimate of drug-likeness (QED) is 0.488. The molecule has 0 spiro atoms. The SMILES string of the molecule is Cc1noc(C)c1CSc1ccccc1C(=O)N1CCCN(Cc2ccccc2F)CC1. The highest BCUT2D eigenvalue weighted by Gasteiger charge is 2.23. The van der Waals surface area contributed by atoms with Gasteiger partial charge in [0.25, 0.3) is 5.91 Å². The number of benzene rings is 2. The van der Waals surface area contributed by atoms with E-state index in [0.29, 0.717) is 31.0 Å². The number of thioether (sulfide) groups is 1. The van der Waals surface area contributed by atoms with Gasteiger partial charge in [0.1, 0.15) is 11.6 Å². The van der Waals surface area contributed by atoms with Crippen molar-refractivity contribution in [3.63, 3.8) is 0 Å². The molecule has 1 amide bonds. The molecule has 0 unspecified atom stereocenters. The van der Waals surface area contributed by atoms with Gasteiger partial charge in [-0.3, -0.25) is 9.69 Å². The lowest BCUT2D eigenvalue weighted by molar-refractivity contribution is 0.0757. The number of carbonyl (C=O) groups excluding carboxylic acids is 1. The Morgan fingerprint density at radius 1 is 1.06 bits per heavy atom. The van der Waals surface area contributed by atoms with E-state index in [9.17, 15) is 9.18 Å². The van der Waals surface area contributed by atoms with Gasteiger partial charge in [-0.2, -0.15) is 0 Å². The van der Waals surface area contributed by atoms with Crippen molar-refractivity contribution in [2.45, 2.75) is 37.5 Å². The van der Waals surface area contributed by atoms with Crippen molar-refractivity contribution in [2.24, 2.45) is 0 Å². The minimum Gasteiger partial charge on any atom is -0.361 e. The molecule has 0 saturated carbocycles. The second-order valence-electron chi connectivity index (χ2n) is 8.10. The summed E-state index contributed by atoms with van der Waals surface area (Å²) in [7, 11) is 0. The monoisotopic (exact) mass is 453 g/mol. The summed E-state index contributed by atoms with van der Waals surface area (Å²) in [5.74, 6) is 1.41. The summed E-state index contributed by atoms with van der Waals surface area (Å²) in [6.45, 7) is 7.34. The van der Waals surface area contributed by atoms with Crippen LogP contribution in [0.1, 0.15) is 39.4 Å². The molecule has 1 saturated heterocycles. The van der Waals surface area contributed by atoms with E-state index in [1.54, 1.807) is 17.8 Å². The van der Waals surface area contributed by atoms with E-state index >= 15 is 0 Å². The van der Waals surface area contributed by atoms with Crippen molar-refractivity contribution >= 4 is 17.7 Å². The summed E-state index contributed by atoms with van der Waals surface area (Å²) in [6.07, 6.45) is 0.870. The highest BCUT2D eigenvalue weighted by Crippen LogP contribution is 2.29. The third kappa shape index (κ3) is 5.22. The van der Waals surface area contributed by atoms with Gasteiger partial charge in [0.05, 0.1) is 11.3 Å². The van der Waals surface area contributed by atoms with Crippen LogP contribution in [-0.4, -0.2) is 47.0 Å². The minimum absolute atomic E-state index is 0.0552. The molecule has 0 N–H and O–H groups in total. The molecule has 5 nitrogen and oxygen atoms in total. The molecule has 0 atom stereocenters. The number of halogens is 1. The average molecular weight is 454 g/mol.